The Morgan fingerprint density at radius 1 is 1.06 bits per heavy atom. The molecule has 0 unspecified atom stereocenters. The predicted octanol–water partition coefficient (Wildman–Crippen LogP) is 3.29. The molecule has 0 atom stereocenters. The van der Waals surface area contributed by atoms with Gasteiger partial charge in [0.05, 0.1) is 0 Å². The Morgan fingerprint density at radius 2 is 1.69 bits per heavy atom. The molecule has 2 rings (SSSR count). The molecule has 2 nitrogen and oxygen atoms in total. The maximum absolute atomic E-state index is 12.5. The molecule has 0 N–H and O–H groups in total. The average molecular weight is 213 g/mol. The molecule has 1 heterocycles. The van der Waals surface area contributed by atoms with E-state index in [-0.39, 0.29) is 0 Å². The molecule has 2 aromatic rings. The lowest BCUT2D eigenvalue weighted by atomic mass is 10.1. The molecular formula is C13H10FN2. The van der Waals surface area contributed by atoms with Crippen LogP contribution in [-0.4, -0.2) is 9.97 Å². The van der Waals surface area contributed by atoms with Gasteiger partial charge in [-0.05, 0) is 17.2 Å². The van der Waals surface area contributed by atoms with Gasteiger partial charge in [-0.2, -0.15) is 0 Å². The molecule has 16 heavy (non-hydrogen) atoms. The lowest BCUT2D eigenvalue weighted by molar-refractivity contribution is 0.673. The summed E-state index contributed by atoms with van der Waals surface area (Å²) in [4.78, 5) is 7.88. The topological polar surface area (TPSA) is 25.8 Å². The lowest BCUT2D eigenvalue weighted by Crippen LogP contribution is -1.82. The largest absolute Gasteiger partial charge is 0.244 e. The van der Waals surface area contributed by atoms with Crippen LogP contribution >= 0.6 is 0 Å². The third-order valence-electron chi connectivity index (χ3n) is 2.13. The molecule has 0 aliphatic rings. The fraction of sp³-hybridized carbons (Fsp3) is 0. The summed E-state index contributed by atoms with van der Waals surface area (Å²) < 4.78 is 12.5. The second-order valence-electron chi connectivity index (χ2n) is 3.34. The van der Waals surface area contributed by atoms with Crippen molar-refractivity contribution in [2.45, 2.75) is 0 Å². The Morgan fingerprint density at radius 3 is 2.25 bits per heavy atom. The number of benzene rings is 1. The van der Waals surface area contributed by atoms with Crippen LogP contribution in [0.15, 0.2) is 48.8 Å². The van der Waals surface area contributed by atoms with Crippen molar-refractivity contribution in [1.82, 2.24) is 9.97 Å². The minimum absolute atomic E-state index is 0.448. The van der Waals surface area contributed by atoms with E-state index in [1.807, 2.05) is 24.3 Å². The van der Waals surface area contributed by atoms with Crippen molar-refractivity contribution < 1.29 is 4.39 Å². The Balaban J connectivity index is 2.30. The van der Waals surface area contributed by atoms with Gasteiger partial charge in [0.25, 0.3) is 0 Å². The van der Waals surface area contributed by atoms with Gasteiger partial charge in [0.1, 0.15) is 12.2 Å². The molecule has 0 bridgehead atoms. The van der Waals surface area contributed by atoms with Crippen LogP contribution in [0.1, 0.15) is 5.56 Å². The molecular weight excluding hydrogens is 203 g/mol. The molecule has 0 amide bonds. The first-order valence-electron chi connectivity index (χ1n) is 4.80. The highest BCUT2D eigenvalue weighted by Gasteiger charge is 1.97. The number of rotatable bonds is 2. The standard InChI is InChI=1S/C13H10FN2/c1-10(14)6-11-2-4-12(5-3-11)13-7-15-9-16-8-13/h2-9H,1H2/b10-6-. The third-order valence-corrected chi connectivity index (χ3v) is 2.13. The third kappa shape index (κ3) is 2.51. The Bertz CT molecular complexity index is 485. The van der Waals surface area contributed by atoms with E-state index in [2.05, 4.69) is 16.9 Å². The molecule has 0 saturated carbocycles. The molecule has 1 aromatic carbocycles. The maximum atomic E-state index is 12.5. The van der Waals surface area contributed by atoms with Crippen LogP contribution in [0.5, 0.6) is 0 Å². The average Bonchev–Trinajstić information content (AvgIpc) is 2.30. The Labute approximate surface area is 93.5 Å². The summed E-state index contributed by atoms with van der Waals surface area (Å²) in [6.07, 6.45) is 6.34. The first-order valence-corrected chi connectivity index (χ1v) is 4.80. The summed E-state index contributed by atoms with van der Waals surface area (Å²) in [5.74, 6) is -0.448. The summed E-state index contributed by atoms with van der Waals surface area (Å²) in [5.41, 5.74) is 2.73. The maximum Gasteiger partial charge on any atom is 0.115 e. The molecule has 0 spiro atoms. The molecule has 0 fully saturated rings. The second kappa shape index (κ2) is 4.66. The van der Waals surface area contributed by atoms with E-state index in [0.29, 0.717) is 0 Å². The number of halogens is 1. The SMILES string of the molecule is [CH2]/C(F)=C/c1ccc(-c2cncnc2)cc1. The zero-order valence-corrected chi connectivity index (χ0v) is 8.60. The fourth-order valence-electron chi connectivity index (χ4n) is 1.40. The first kappa shape index (κ1) is 10.5. The molecule has 79 valence electrons. The van der Waals surface area contributed by atoms with E-state index in [4.69, 9.17) is 0 Å². The van der Waals surface area contributed by atoms with Gasteiger partial charge in [-0.25, -0.2) is 14.4 Å². The van der Waals surface area contributed by atoms with Crippen molar-refractivity contribution in [3.8, 4) is 11.1 Å². The number of aromatic nitrogens is 2. The normalized spacial score (nSPS) is 11.5. The highest BCUT2D eigenvalue weighted by atomic mass is 19.1. The van der Waals surface area contributed by atoms with Crippen molar-refractivity contribution in [3.63, 3.8) is 0 Å². The summed E-state index contributed by atoms with van der Waals surface area (Å²) >= 11 is 0. The van der Waals surface area contributed by atoms with Crippen molar-refractivity contribution in [1.29, 1.82) is 0 Å². The van der Waals surface area contributed by atoms with E-state index in [0.717, 1.165) is 16.7 Å². The van der Waals surface area contributed by atoms with E-state index in [1.165, 1.54) is 12.4 Å². The molecule has 1 radical (unpaired) electrons. The van der Waals surface area contributed by atoms with Crippen LogP contribution < -0.4 is 0 Å². The fourth-order valence-corrected chi connectivity index (χ4v) is 1.40. The van der Waals surface area contributed by atoms with Gasteiger partial charge in [0.2, 0.25) is 0 Å². The molecule has 0 aliphatic heterocycles. The van der Waals surface area contributed by atoms with Crippen molar-refractivity contribution in [3.05, 3.63) is 61.3 Å². The van der Waals surface area contributed by atoms with E-state index in [9.17, 15) is 4.39 Å². The second-order valence-corrected chi connectivity index (χ2v) is 3.34. The predicted molar refractivity (Wildman–Crippen MR) is 61.9 cm³/mol. The van der Waals surface area contributed by atoms with Crippen molar-refractivity contribution in [2.24, 2.45) is 0 Å². The molecule has 0 saturated heterocycles. The van der Waals surface area contributed by atoms with Gasteiger partial charge >= 0.3 is 0 Å². The first-order chi connectivity index (χ1) is 7.75. The Kier molecular flexibility index (Phi) is 3.05. The van der Waals surface area contributed by atoms with Crippen molar-refractivity contribution >= 4 is 6.08 Å². The van der Waals surface area contributed by atoms with Gasteiger partial charge in [0.15, 0.2) is 0 Å². The molecule has 1 aromatic heterocycles. The smallest absolute Gasteiger partial charge is 0.115 e. The number of nitrogens with zero attached hydrogens (tertiary/aromatic N) is 2. The van der Waals surface area contributed by atoms with Crippen molar-refractivity contribution in [2.75, 3.05) is 0 Å². The number of allylic oxidation sites excluding steroid dienone is 1. The summed E-state index contributed by atoms with van der Waals surface area (Å²) in [6, 6.07) is 7.45. The van der Waals surface area contributed by atoms with Crippen LogP contribution in [0.2, 0.25) is 0 Å². The van der Waals surface area contributed by atoms with Gasteiger partial charge in [-0.15, -0.1) is 0 Å². The van der Waals surface area contributed by atoms with E-state index < -0.39 is 5.83 Å². The van der Waals surface area contributed by atoms with E-state index >= 15 is 0 Å². The number of hydrogen-bond donors (Lipinski definition) is 0. The van der Waals surface area contributed by atoms with Gasteiger partial charge in [-0.3, -0.25) is 0 Å². The highest BCUT2D eigenvalue weighted by molar-refractivity contribution is 5.64. The minimum Gasteiger partial charge on any atom is -0.244 e. The van der Waals surface area contributed by atoms with Crippen LogP contribution in [0.4, 0.5) is 4.39 Å². The quantitative estimate of drug-likeness (QED) is 0.765. The number of hydrogen-bond acceptors (Lipinski definition) is 2. The monoisotopic (exact) mass is 213 g/mol. The van der Waals surface area contributed by atoms with Gasteiger partial charge < -0.3 is 0 Å². The summed E-state index contributed by atoms with van der Waals surface area (Å²) in [7, 11) is 0. The van der Waals surface area contributed by atoms with Crippen LogP contribution in [0.25, 0.3) is 17.2 Å². The molecule has 0 aliphatic carbocycles. The summed E-state index contributed by atoms with van der Waals surface area (Å²) in [5, 5.41) is 0. The highest BCUT2D eigenvalue weighted by Crippen LogP contribution is 2.18. The minimum atomic E-state index is -0.448. The zero-order valence-electron chi connectivity index (χ0n) is 8.60. The summed E-state index contributed by atoms with van der Waals surface area (Å²) in [6.45, 7) is 3.19. The Hall–Kier alpha value is -2.03. The lowest BCUT2D eigenvalue weighted by Gasteiger charge is -2.00. The van der Waals surface area contributed by atoms with E-state index in [1.54, 1.807) is 12.4 Å². The molecule has 3 heteroatoms. The van der Waals surface area contributed by atoms with Crippen LogP contribution in [0.3, 0.4) is 0 Å². The van der Waals surface area contributed by atoms with Gasteiger partial charge in [0, 0.05) is 24.9 Å². The van der Waals surface area contributed by atoms with Crippen LogP contribution in [0, 0.1) is 6.92 Å². The zero-order chi connectivity index (χ0) is 11.4. The van der Waals surface area contributed by atoms with Gasteiger partial charge in [-0.1, -0.05) is 24.3 Å². The van der Waals surface area contributed by atoms with Crippen LogP contribution in [-0.2, 0) is 0 Å².